The van der Waals surface area contributed by atoms with Crippen LogP contribution in [0.25, 0.3) is 0 Å². The molecule has 28 heavy (non-hydrogen) atoms. The second-order valence-electron chi connectivity index (χ2n) is 7.40. The third-order valence-corrected chi connectivity index (χ3v) is 5.15. The predicted molar refractivity (Wildman–Crippen MR) is 106 cm³/mol. The lowest BCUT2D eigenvalue weighted by molar-refractivity contribution is 0.0209. The summed E-state index contributed by atoms with van der Waals surface area (Å²) in [5.74, 6) is 0.380. The van der Waals surface area contributed by atoms with Gasteiger partial charge in [-0.3, -0.25) is 9.69 Å². The molecule has 1 amide bonds. The number of anilines is 1. The van der Waals surface area contributed by atoms with Crippen molar-refractivity contribution in [1.82, 2.24) is 15.2 Å². The molecule has 1 aromatic heterocycles. The van der Waals surface area contributed by atoms with Crippen LogP contribution in [-0.2, 0) is 17.7 Å². The first-order valence-electron chi connectivity index (χ1n) is 9.74. The molecule has 4 rings (SSSR count). The highest BCUT2D eigenvalue weighted by atomic mass is 16.5. The Labute approximate surface area is 164 Å². The highest BCUT2D eigenvalue weighted by Gasteiger charge is 2.20. The monoisotopic (exact) mass is 382 g/mol. The largest absolute Gasteiger partial charge is 0.390 e. The Morgan fingerprint density at radius 1 is 1.21 bits per heavy atom. The molecule has 0 radical (unpaired) electrons. The number of rotatable bonds is 7. The lowest BCUT2D eigenvalue weighted by atomic mass is 10.00. The fourth-order valence-electron chi connectivity index (χ4n) is 3.54. The zero-order valence-corrected chi connectivity index (χ0v) is 15.8. The SMILES string of the molecule is O=C(NCC(O)CN1CCc2ccccc2C1)c1cccc(NC2COC2)n1. The van der Waals surface area contributed by atoms with Crippen molar-refractivity contribution in [2.24, 2.45) is 0 Å². The Balaban J connectivity index is 1.25. The highest BCUT2D eigenvalue weighted by molar-refractivity contribution is 5.92. The Morgan fingerprint density at radius 3 is 2.82 bits per heavy atom. The summed E-state index contributed by atoms with van der Waals surface area (Å²) in [7, 11) is 0. The zero-order valence-electron chi connectivity index (χ0n) is 15.8. The average molecular weight is 382 g/mol. The molecule has 1 saturated heterocycles. The molecule has 0 aliphatic carbocycles. The molecule has 1 unspecified atom stereocenters. The van der Waals surface area contributed by atoms with Crippen LogP contribution in [0.15, 0.2) is 42.5 Å². The fourth-order valence-corrected chi connectivity index (χ4v) is 3.54. The summed E-state index contributed by atoms with van der Waals surface area (Å²) in [6.45, 7) is 3.80. The number of hydrogen-bond donors (Lipinski definition) is 3. The number of pyridine rings is 1. The quantitative estimate of drug-likeness (QED) is 0.663. The van der Waals surface area contributed by atoms with Gasteiger partial charge in [-0.15, -0.1) is 0 Å². The highest BCUT2D eigenvalue weighted by Crippen LogP contribution is 2.18. The number of benzene rings is 1. The maximum atomic E-state index is 12.4. The number of aliphatic hydroxyl groups is 1. The summed E-state index contributed by atoms with van der Waals surface area (Å²) in [5, 5.41) is 16.4. The van der Waals surface area contributed by atoms with Gasteiger partial charge in [-0.05, 0) is 29.7 Å². The van der Waals surface area contributed by atoms with E-state index in [2.05, 4.69) is 38.7 Å². The van der Waals surface area contributed by atoms with Crippen LogP contribution in [0.3, 0.4) is 0 Å². The number of nitrogens with zero attached hydrogens (tertiary/aromatic N) is 2. The van der Waals surface area contributed by atoms with Crippen molar-refractivity contribution in [3.63, 3.8) is 0 Å². The third kappa shape index (κ3) is 4.67. The van der Waals surface area contributed by atoms with Gasteiger partial charge in [0.05, 0.1) is 25.4 Å². The molecule has 7 nitrogen and oxygen atoms in total. The van der Waals surface area contributed by atoms with E-state index in [4.69, 9.17) is 4.74 Å². The van der Waals surface area contributed by atoms with Crippen molar-refractivity contribution in [1.29, 1.82) is 0 Å². The van der Waals surface area contributed by atoms with E-state index in [9.17, 15) is 9.90 Å². The zero-order chi connectivity index (χ0) is 19.3. The van der Waals surface area contributed by atoms with Gasteiger partial charge in [-0.25, -0.2) is 4.98 Å². The van der Waals surface area contributed by atoms with Crippen LogP contribution < -0.4 is 10.6 Å². The van der Waals surface area contributed by atoms with Crippen molar-refractivity contribution in [3.8, 4) is 0 Å². The lowest BCUT2D eigenvalue weighted by Gasteiger charge is -2.30. The maximum absolute atomic E-state index is 12.4. The Bertz CT molecular complexity index is 825. The molecule has 2 aromatic rings. The van der Waals surface area contributed by atoms with Gasteiger partial charge in [-0.1, -0.05) is 30.3 Å². The molecule has 0 spiro atoms. The molecular formula is C21H26N4O3. The number of aliphatic hydroxyl groups excluding tert-OH is 1. The van der Waals surface area contributed by atoms with Crippen LogP contribution in [0.2, 0.25) is 0 Å². The molecule has 1 atom stereocenters. The molecular weight excluding hydrogens is 356 g/mol. The molecule has 1 fully saturated rings. The standard InChI is InChI=1S/C21H26N4O3/c26-18(12-25-9-8-15-4-1-2-5-16(15)11-25)10-22-21(27)19-6-3-7-20(24-19)23-17-13-28-14-17/h1-7,17-18,26H,8-14H2,(H,22,27)(H,23,24). The van der Waals surface area contributed by atoms with Crippen molar-refractivity contribution >= 4 is 11.7 Å². The van der Waals surface area contributed by atoms with Gasteiger partial charge in [0.1, 0.15) is 11.5 Å². The van der Waals surface area contributed by atoms with Crippen LogP contribution in [0.5, 0.6) is 0 Å². The first kappa shape index (κ1) is 18.9. The number of aromatic nitrogens is 1. The molecule has 7 heteroatoms. The summed E-state index contributed by atoms with van der Waals surface area (Å²) in [4.78, 5) is 18.9. The number of hydrogen-bond acceptors (Lipinski definition) is 6. The smallest absolute Gasteiger partial charge is 0.270 e. The molecule has 3 heterocycles. The Kier molecular flexibility index (Phi) is 5.85. The normalized spacial score (nSPS) is 18.0. The number of fused-ring (bicyclic) bond motifs is 1. The number of carbonyl (C=O) groups is 1. The van der Waals surface area contributed by atoms with Gasteiger partial charge in [0.2, 0.25) is 0 Å². The average Bonchev–Trinajstić information content (AvgIpc) is 2.69. The molecule has 3 N–H and O–H groups in total. The van der Waals surface area contributed by atoms with E-state index in [0.717, 1.165) is 19.5 Å². The summed E-state index contributed by atoms with van der Waals surface area (Å²) in [6, 6.07) is 14.0. The molecule has 0 bridgehead atoms. The second kappa shape index (κ2) is 8.68. The van der Waals surface area contributed by atoms with E-state index in [1.54, 1.807) is 12.1 Å². The van der Waals surface area contributed by atoms with E-state index < -0.39 is 6.10 Å². The molecule has 2 aliphatic rings. The Hall–Kier alpha value is -2.48. The maximum Gasteiger partial charge on any atom is 0.270 e. The van der Waals surface area contributed by atoms with Crippen molar-refractivity contribution in [2.75, 3.05) is 38.2 Å². The number of nitrogens with one attached hydrogen (secondary N) is 2. The first-order valence-corrected chi connectivity index (χ1v) is 9.74. The summed E-state index contributed by atoms with van der Waals surface area (Å²) in [6.07, 6.45) is 0.369. The minimum Gasteiger partial charge on any atom is -0.390 e. The lowest BCUT2D eigenvalue weighted by Crippen LogP contribution is -2.42. The second-order valence-corrected chi connectivity index (χ2v) is 7.40. The molecule has 148 valence electrons. The van der Waals surface area contributed by atoms with E-state index in [1.165, 1.54) is 11.1 Å². The Morgan fingerprint density at radius 2 is 2.04 bits per heavy atom. The van der Waals surface area contributed by atoms with E-state index in [-0.39, 0.29) is 18.5 Å². The predicted octanol–water partition coefficient (Wildman–Crippen LogP) is 1.04. The van der Waals surface area contributed by atoms with Gasteiger partial charge in [0, 0.05) is 26.2 Å². The molecule has 1 aromatic carbocycles. The van der Waals surface area contributed by atoms with Gasteiger partial charge in [-0.2, -0.15) is 0 Å². The fraction of sp³-hybridized carbons (Fsp3) is 0.429. The third-order valence-electron chi connectivity index (χ3n) is 5.15. The van der Waals surface area contributed by atoms with E-state index in [1.807, 2.05) is 12.1 Å². The number of carbonyl (C=O) groups excluding carboxylic acids is 1. The van der Waals surface area contributed by atoms with Crippen LogP contribution in [0.1, 0.15) is 21.6 Å². The van der Waals surface area contributed by atoms with E-state index in [0.29, 0.717) is 31.3 Å². The number of ether oxygens (including phenoxy) is 1. The molecule has 0 saturated carbocycles. The topological polar surface area (TPSA) is 86.7 Å². The summed E-state index contributed by atoms with van der Waals surface area (Å²) < 4.78 is 5.13. The first-order chi connectivity index (χ1) is 13.7. The van der Waals surface area contributed by atoms with Gasteiger partial charge < -0.3 is 20.5 Å². The summed E-state index contributed by atoms with van der Waals surface area (Å²) >= 11 is 0. The minimum absolute atomic E-state index is 0.201. The van der Waals surface area contributed by atoms with Crippen molar-refractivity contribution < 1.29 is 14.6 Å². The van der Waals surface area contributed by atoms with Gasteiger partial charge in [0.15, 0.2) is 0 Å². The molecule has 2 aliphatic heterocycles. The van der Waals surface area contributed by atoms with Crippen LogP contribution in [0.4, 0.5) is 5.82 Å². The van der Waals surface area contributed by atoms with Gasteiger partial charge >= 0.3 is 0 Å². The van der Waals surface area contributed by atoms with E-state index >= 15 is 0 Å². The van der Waals surface area contributed by atoms with Gasteiger partial charge in [0.25, 0.3) is 5.91 Å². The number of β-amino-alcohol motifs (C(OH)–C–C–N with tert-alkyl or cyclic N) is 1. The number of amides is 1. The summed E-state index contributed by atoms with van der Waals surface area (Å²) in [5.41, 5.74) is 3.04. The van der Waals surface area contributed by atoms with Crippen LogP contribution >= 0.6 is 0 Å². The van der Waals surface area contributed by atoms with Crippen molar-refractivity contribution in [3.05, 3.63) is 59.3 Å². The minimum atomic E-state index is -0.623. The van der Waals surface area contributed by atoms with Crippen LogP contribution in [-0.4, -0.2) is 65.9 Å². The van der Waals surface area contributed by atoms with Crippen molar-refractivity contribution in [2.45, 2.75) is 25.1 Å². The van der Waals surface area contributed by atoms with Crippen LogP contribution in [0, 0.1) is 0 Å².